The summed E-state index contributed by atoms with van der Waals surface area (Å²) in [6, 6.07) is 9.53. The highest BCUT2D eigenvalue weighted by molar-refractivity contribution is 6.34. The summed E-state index contributed by atoms with van der Waals surface area (Å²) in [4.78, 5) is 19.7. The number of likely N-dealkylation sites (tertiary alicyclic amines) is 1. The van der Waals surface area contributed by atoms with E-state index in [0.717, 1.165) is 37.1 Å². The number of halogens is 1. The van der Waals surface area contributed by atoms with Gasteiger partial charge in [-0.1, -0.05) is 42.3 Å². The summed E-state index contributed by atoms with van der Waals surface area (Å²) < 4.78 is 0. The average Bonchev–Trinajstić information content (AvgIpc) is 2.69. The van der Waals surface area contributed by atoms with Gasteiger partial charge >= 0.3 is 0 Å². The van der Waals surface area contributed by atoms with Gasteiger partial charge in [-0.05, 0) is 49.6 Å². The zero-order chi connectivity index (χ0) is 19.2. The lowest BCUT2D eigenvalue weighted by molar-refractivity contribution is 0.0850. The van der Waals surface area contributed by atoms with Gasteiger partial charge in [0, 0.05) is 25.0 Å². The second-order valence-electron chi connectivity index (χ2n) is 7.02. The molecule has 4 nitrogen and oxygen atoms in total. The molecule has 142 valence electrons. The number of rotatable bonds is 6. The molecule has 0 spiro atoms. The average molecular weight is 384 g/mol. The van der Waals surface area contributed by atoms with E-state index >= 15 is 0 Å². The molecule has 1 aliphatic rings. The number of nitrogens with one attached hydrogen (secondary N) is 1. The summed E-state index contributed by atoms with van der Waals surface area (Å²) >= 11 is 6.38. The smallest absolute Gasteiger partial charge is 0.253 e. The largest absolute Gasteiger partial charge is 0.344 e. The van der Waals surface area contributed by atoms with E-state index in [1.165, 1.54) is 6.42 Å². The quantitative estimate of drug-likeness (QED) is 0.744. The molecule has 2 unspecified atom stereocenters. The number of pyridine rings is 1. The Morgan fingerprint density at radius 1 is 1.41 bits per heavy atom. The number of aromatic nitrogens is 1. The predicted octanol–water partition coefficient (Wildman–Crippen LogP) is 4.56. The van der Waals surface area contributed by atoms with Crippen molar-refractivity contribution in [3.63, 3.8) is 0 Å². The van der Waals surface area contributed by atoms with E-state index in [1.807, 2.05) is 43.5 Å². The molecule has 1 fully saturated rings. The summed E-state index contributed by atoms with van der Waals surface area (Å²) in [5.41, 5.74) is 2.42. The van der Waals surface area contributed by atoms with Crippen LogP contribution in [-0.2, 0) is 0 Å². The number of carbonyl (C=O) groups is 1. The third-order valence-corrected chi connectivity index (χ3v) is 5.68. The van der Waals surface area contributed by atoms with Crippen LogP contribution in [0, 0.1) is 6.92 Å². The van der Waals surface area contributed by atoms with Gasteiger partial charge in [0.25, 0.3) is 5.91 Å². The molecule has 0 saturated carbocycles. The highest BCUT2D eigenvalue weighted by atomic mass is 35.5. The summed E-state index contributed by atoms with van der Waals surface area (Å²) in [7, 11) is 0. The van der Waals surface area contributed by atoms with Gasteiger partial charge in [0.2, 0.25) is 0 Å². The predicted molar refractivity (Wildman–Crippen MR) is 110 cm³/mol. The number of carbonyl (C=O) groups excluding carboxylic acids is 1. The molecular formula is C22H26ClN3O. The SMILES string of the molecule is C=CCN1CCCCC1C(NC(=O)c1cccc(C)c1Cl)c1cccnc1. The van der Waals surface area contributed by atoms with Crippen LogP contribution < -0.4 is 5.32 Å². The van der Waals surface area contributed by atoms with Crippen LogP contribution in [0.5, 0.6) is 0 Å². The summed E-state index contributed by atoms with van der Waals surface area (Å²) in [5.74, 6) is -0.151. The molecule has 1 N–H and O–H groups in total. The van der Waals surface area contributed by atoms with Gasteiger partial charge in [0.05, 0.1) is 16.6 Å². The molecule has 27 heavy (non-hydrogen) atoms. The Labute approximate surface area is 166 Å². The Hall–Kier alpha value is -2.17. The molecule has 1 aromatic heterocycles. The first-order chi connectivity index (χ1) is 13.1. The Morgan fingerprint density at radius 2 is 2.26 bits per heavy atom. The minimum Gasteiger partial charge on any atom is -0.344 e. The van der Waals surface area contributed by atoms with E-state index in [0.29, 0.717) is 10.6 Å². The molecule has 2 atom stereocenters. The number of piperidine rings is 1. The Morgan fingerprint density at radius 3 is 3.00 bits per heavy atom. The van der Waals surface area contributed by atoms with Crippen LogP contribution in [0.4, 0.5) is 0 Å². The molecule has 3 rings (SSSR count). The van der Waals surface area contributed by atoms with Gasteiger partial charge < -0.3 is 5.32 Å². The lowest BCUT2D eigenvalue weighted by atomic mass is 9.91. The molecule has 1 amide bonds. The minimum absolute atomic E-state index is 0.150. The van der Waals surface area contributed by atoms with Gasteiger partial charge in [-0.2, -0.15) is 0 Å². The molecule has 0 radical (unpaired) electrons. The molecule has 0 aliphatic carbocycles. The molecule has 0 bridgehead atoms. The van der Waals surface area contributed by atoms with Crippen LogP contribution in [0.1, 0.15) is 46.8 Å². The lowest BCUT2D eigenvalue weighted by Crippen LogP contribution is -2.48. The van der Waals surface area contributed by atoms with Crippen LogP contribution in [0.2, 0.25) is 5.02 Å². The van der Waals surface area contributed by atoms with E-state index in [2.05, 4.69) is 21.8 Å². The Kier molecular flexibility index (Phi) is 6.64. The van der Waals surface area contributed by atoms with Gasteiger partial charge in [0.1, 0.15) is 0 Å². The number of aryl methyl sites for hydroxylation is 1. The minimum atomic E-state index is -0.151. The zero-order valence-corrected chi connectivity index (χ0v) is 16.5. The summed E-state index contributed by atoms with van der Waals surface area (Å²) in [5, 5.41) is 3.74. The van der Waals surface area contributed by atoms with Crippen molar-refractivity contribution in [3.8, 4) is 0 Å². The third kappa shape index (κ3) is 4.57. The number of nitrogens with zero attached hydrogens (tertiary/aromatic N) is 2. The zero-order valence-electron chi connectivity index (χ0n) is 15.7. The first kappa shape index (κ1) is 19.6. The van der Waals surface area contributed by atoms with Crippen molar-refractivity contribution in [1.29, 1.82) is 0 Å². The maximum Gasteiger partial charge on any atom is 0.253 e. The van der Waals surface area contributed by atoms with Crippen molar-refractivity contribution in [3.05, 3.63) is 77.1 Å². The van der Waals surface area contributed by atoms with Crippen molar-refractivity contribution in [2.45, 2.75) is 38.3 Å². The van der Waals surface area contributed by atoms with Crippen molar-refractivity contribution in [2.24, 2.45) is 0 Å². The molecule has 5 heteroatoms. The number of hydrogen-bond donors (Lipinski definition) is 1. The van der Waals surface area contributed by atoms with Crippen LogP contribution in [-0.4, -0.2) is 34.9 Å². The van der Waals surface area contributed by atoms with Gasteiger partial charge in [-0.25, -0.2) is 0 Å². The van der Waals surface area contributed by atoms with E-state index in [1.54, 1.807) is 12.3 Å². The highest BCUT2D eigenvalue weighted by Crippen LogP contribution is 2.29. The van der Waals surface area contributed by atoms with Crippen LogP contribution in [0.25, 0.3) is 0 Å². The normalized spacial score (nSPS) is 18.7. The number of hydrogen-bond acceptors (Lipinski definition) is 3. The fraction of sp³-hybridized carbons (Fsp3) is 0.364. The van der Waals surface area contributed by atoms with Crippen molar-refractivity contribution in [1.82, 2.24) is 15.2 Å². The van der Waals surface area contributed by atoms with E-state index in [9.17, 15) is 4.79 Å². The maximum absolute atomic E-state index is 13.1. The topological polar surface area (TPSA) is 45.2 Å². The monoisotopic (exact) mass is 383 g/mol. The van der Waals surface area contributed by atoms with Gasteiger partial charge in [0.15, 0.2) is 0 Å². The van der Waals surface area contributed by atoms with Gasteiger partial charge in [-0.3, -0.25) is 14.7 Å². The van der Waals surface area contributed by atoms with Crippen LogP contribution in [0.3, 0.4) is 0 Å². The molecule has 1 aromatic carbocycles. The second-order valence-corrected chi connectivity index (χ2v) is 7.40. The fourth-order valence-electron chi connectivity index (χ4n) is 3.79. The maximum atomic E-state index is 13.1. The standard InChI is InChI=1S/C22H26ClN3O/c1-3-13-26-14-5-4-11-19(26)21(17-9-7-12-24-15-17)25-22(27)18-10-6-8-16(2)20(18)23/h3,6-10,12,15,19,21H,1,4-5,11,13-14H2,2H3,(H,25,27). The first-order valence-electron chi connectivity index (χ1n) is 9.42. The summed E-state index contributed by atoms with van der Waals surface area (Å²) in [6.07, 6.45) is 8.86. The molecule has 2 aromatic rings. The summed E-state index contributed by atoms with van der Waals surface area (Å²) in [6.45, 7) is 7.62. The molecular weight excluding hydrogens is 358 g/mol. The van der Waals surface area contributed by atoms with Crippen molar-refractivity contribution >= 4 is 17.5 Å². The van der Waals surface area contributed by atoms with E-state index in [-0.39, 0.29) is 18.0 Å². The van der Waals surface area contributed by atoms with Gasteiger partial charge in [-0.15, -0.1) is 6.58 Å². The Bertz CT molecular complexity index is 793. The molecule has 2 heterocycles. The molecule has 1 saturated heterocycles. The van der Waals surface area contributed by atoms with E-state index in [4.69, 9.17) is 11.6 Å². The molecule has 1 aliphatic heterocycles. The Balaban J connectivity index is 1.91. The number of benzene rings is 1. The highest BCUT2D eigenvalue weighted by Gasteiger charge is 2.32. The van der Waals surface area contributed by atoms with Crippen molar-refractivity contribution in [2.75, 3.05) is 13.1 Å². The van der Waals surface area contributed by atoms with Crippen molar-refractivity contribution < 1.29 is 4.79 Å². The first-order valence-corrected chi connectivity index (χ1v) is 9.80. The van der Waals surface area contributed by atoms with E-state index < -0.39 is 0 Å². The fourth-order valence-corrected chi connectivity index (χ4v) is 4.00. The lowest BCUT2D eigenvalue weighted by Gasteiger charge is -2.40. The number of amides is 1. The third-order valence-electron chi connectivity index (χ3n) is 5.18. The van der Waals surface area contributed by atoms with Crippen LogP contribution in [0.15, 0.2) is 55.4 Å². The van der Waals surface area contributed by atoms with Crippen LogP contribution >= 0.6 is 11.6 Å². The second kappa shape index (κ2) is 9.16.